The molecule has 23 heavy (non-hydrogen) atoms. The van der Waals surface area contributed by atoms with E-state index in [1.807, 2.05) is 22.6 Å². The lowest BCUT2D eigenvalue weighted by molar-refractivity contribution is -0.130. The standard InChI is InChI=1S/C11H11FINO.C4H4INO2/c1-6-9(12)4-7(5-10(6)13)11(15)14-8-2-3-8;5-6-3(7)1-2-4(6)8/h4-5,8H,2-3H2,1H3,(H,14,15);1-2H2. The van der Waals surface area contributed by atoms with Crippen LogP contribution in [0.15, 0.2) is 12.1 Å². The molecule has 1 N–H and O–H groups in total. The van der Waals surface area contributed by atoms with E-state index in [-0.39, 0.29) is 23.5 Å². The van der Waals surface area contributed by atoms with Gasteiger partial charge >= 0.3 is 0 Å². The van der Waals surface area contributed by atoms with E-state index in [1.165, 1.54) is 6.07 Å². The summed E-state index contributed by atoms with van der Waals surface area (Å²) in [5.74, 6) is -0.636. The lowest BCUT2D eigenvalue weighted by Gasteiger charge is -2.06. The van der Waals surface area contributed by atoms with E-state index in [1.54, 1.807) is 35.9 Å². The second kappa shape index (κ2) is 7.86. The van der Waals surface area contributed by atoms with Gasteiger partial charge in [0.2, 0.25) is 11.8 Å². The monoisotopic (exact) mass is 544 g/mol. The molecular formula is C15H15FI2N2O3. The van der Waals surface area contributed by atoms with Crippen molar-refractivity contribution in [3.8, 4) is 0 Å². The number of carbonyl (C=O) groups excluding carboxylic acids is 3. The van der Waals surface area contributed by atoms with Gasteiger partial charge in [-0.1, -0.05) is 0 Å². The van der Waals surface area contributed by atoms with Gasteiger partial charge in [-0.25, -0.2) is 7.50 Å². The maximum absolute atomic E-state index is 13.4. The first-order valence-corrected chi connectivity index (χ1v) is 9.12. The molecule has 1 aromatic rings. The van der Waals surface area contributed by atoms with Crippen LogP contribution in [-0.4, -0.2) is 26.9 Å². The lowest BCUT2D eigenvalue weighted by Crippen LogP contribution is -2.25. The molecule has 0 radical (unpaired) electrons. The van der Waals surface area contributed by atoms with Crippen molar-refractivity contribution in [1.29, 1.82) is 0 Å². The number of benzene rings is 1. The Labute approximate surface area is 161 Å². The summed E-state index contributed by atoms with van der Waals surface area (Å²) < 4.78 is 15.3. The fraction of sp³-hybridized carbons (Fsp3) is 0.400. The molecule has 2 fully saturated rings. The van der Waals surface area contributed by atoms with Crippen LogP contribution in [0.4, 0.5) is 4.39 Å². The molecule has 3 amide bonds. The van der Waals surface area contributed by atoms with Crippen LogP contribution in [0.1, 0.15) is 41.6 Å². The molecule has 1 aliphatic heterocycles. The highest BCUT2D eigenvalue weighted by atomic mass is 127. The minimum Gasteiger partial charge on any atom is -0.349 e. The average Bonchev–Trinajstić information content (AvgIpc) is 3.28. The summed E-state index contributed by atoms with van der Waals surface area (Å²) >= 11 is 3.76. The number of hydrogen-bond acceptors (Lipinski definition) is 3. The Morgan fingerprint density at radius 3 is 2.22 bits per heavy atom. The first-order valence-electron chi connectivity index (χ1n) is 7.07. The Morgan fingerprint density at radius 1 is 1.26 bits per heavy atom. The zero-order valence-electron chi connectivity index (χ0n) is 12.4. The Morgan fingerprint density at radius 2 is 1.83 bits per heavy atom. The van der Waals surface area contributed by atoms with Crippen LogP contribution in [0, 0.1) is 16.3 Å². The number of nitrogens with one attached hydrogen (secondary N) is 1. The average molecular weight is 544 g/mol. The van der Waals surface area contributed by atoms with Crippen LogP contribution < -0.4 is 5.32 Å². The van der Waals surface area contributed by atoms with Crippen LogP contribution in [0.5, 0.6) is 0 Å². The molecule has 124 valence electrons. The molecule has 1 saturated heterocycles. The van der Waals surface area contributed by atoms with Gasteiger partial charge < -0.3 is 5.32 Å². The molecule has 0 spiro atoms. The fourth-order valence-electron chi connectivity index (χ4n) is 1.82. The van der Waals surface area contributed by atoms with Crippen molar-refractivity contribution in [2.24, 2.45) is 0 Å². The summed E-state index contributed by atoms with van der Waals surface area (Å²) in [7, 11) is 0. The highest BCUT2D eigenvalue weighted by Crippen LogP contribution is 2.21. The molecule has 1 aromatic carbocycles. The van der Waals surface area contributed by atoms with Crippen LogP contribution in [-0.2, 0) is 9.59 Å². The van der Waals surface area contributed by atoms with E-state index in [4.69, 9.17) is 0 Å². The molecule has 8 heteroatoms. The lowest BCUT2D eigenvalue weighted by atomic mass is 10.1. The van der Waals surface area contributed by atoms with E-state index in [9.17, 15) is 18.8 Å². The van der Waals surface area contributed by atoms with Gasteiger partial charge in [0, 0.05) is 28.0 Å². The number of rotatable bonds is 2. The van der Waals surface area contributed by atoms with Gasteiger partial charge in [-0.15, -0.1) is 0 Å². The Kier molecular flexibility index (Phi) is 6.34. The summed E-state index contributed by atoms with van der Waals surface area (Å²) in [4.78, 5) is 32.6. The van der Waals surface area contributed by atoms with Gasteiger partial charge in [-0.05, 0) is 60.1 Å². The molecule has 0 atom stereocenters. The van der Waals surface area contributed by atoms with Crippen molar-refractivity contribution in [3.05, 3.63) is 32.6 Å². The summed E-state index contributed by atoms with van der Waals surface area (Å²) in [6.45, 7) is 1.71. The first-order chi connectivity index (χ1) is 10.8. The van der Waals surface area contributed by atoms with Crippen LogP contribution in [0.25, 0.3) is 0 Å². The van der Waals surface area contributed by atoms with E-state index in [2.05, 4.69) is 5.32 Å². The molecule has 1 saturated carbocycles. The maximum atomic E-state index is 13.4. The van der Waals surface area contributed by atoms with Gasteiger partial charge in [-0.2, -0.15) is 0 Å². The van der Waals surface area contributed by atoms with Gasteiger partial charge in [0.05, 0.1) is 22.9 Å². The third-order valence-electron chi connectivity index (χ3n) is 3.45. The minimum absolute atomic E-state index is 0.0735. The van der Waals surface area contributed by atoms with Gasteiger partial charge in [-0.3, -0.25) is 14.4 Å². The summed E-state index contributed by atoms with van der Waals surface area (Å²) in [6.07, 6.45) is 2.86. The van der Waals surface area contributed by atoms with E-state index in [0.29, 0.717) is 30.0 Å². The zero-order chi connectivity index (χ0) is 17.1. The van der Waals surface area contributed by atoms with Crippen molar-refractivity contribution in [2.75, 3.05) is 0 Å². The SMILES string of the molecule is Cc1c(F)cc(C(=O)NC2CC2)cc1I.O=C1CCC(=O)N1I. The molecule has 1 aliphatic carbocycles. The normalized spacial score (nSPS) is 17.0. The quantitative estimate of drug-likeness (QED) is 0.354. The Balaban J connectivity index is 0.000000203. The zero-order valence-corrected chi connectivity index (χ0v) is 16.7. The van der Waals surface area contributed by atoms with Gasteiger partial charge in [0.25, 0.3) is 5.91 Å². The predicted octanol–water partition coefficient (Wildman–Crippen LogP) is 3.12. The molecule has 0 unspecified atom stereocenters. The molecule has 0 aromatic heterocycles. The van der Waals surface area contributed by atoms with Gasteiger partial charge in [0.1, 0.15) is 5.82 Å². The molecule has 2 aliphatic rings. The van der Waals surface area contributed by atoms with Crippen molar-refractivity contribution in [3.63, 3.8) is 0 Å². The van der Waals surface area contributed by atoms with Crippen molar-refractivity contribution in [2.45, 2.75) is 38.6 Å². The molecule has 3 rings (SSSR count). The first kappa shape index (κ1) is 18.6. The molecule has 5 nitrogen and oxygen atoms in total. The third-order valence-corrected chi connectivity index (χ3v) is 5.64. The van der Waals surface area contributed by atoms with E-state index in [0.717, 1.165) is 19.5 Å². The minimum atomic E-state index is -0.317. The number of nitrogens with zero attached hydrogens (tertiary/aromatic N) is 1. The molecule has 0 bridgehead atoms. The highest BCUT2D eigenvalue weighted by molar-refractivity contribution is 14.1. The number of imide groups is 1. The van der Waals surface area contributed by atoms with E-state index >= 15 is 0 Å². The van der Waals surface area contributed by atoms with Crippen LogP contribution >= 0.6 is 45.5 Å². The number of hydrogen-bond donors (Lipinski definition) is 1. The van der Waals surface area contributed by atoms with Crippen molar-refractivity contribution in [1.82, 2.24) is 8.43 Å². The summed E-state index contributed by atoms with van der Waals surface area (Å²) in [5.41, 5.74) is 1.01. The largest absolute Gasteiger partial charge is 0.349 e. The second-order valence-electron chi connectivity index (χ2n) is 5.38. The Hall–Kier alpha value is -0.780. The fourth-order valence-corrected chi connectivity index (χ4v) is 2.90. The summed E-state index contributed by atoms with van der Waals surface area (Å²) in [5, 5.41) is 2.84. The predicted molar refractivity (Wildman–Crippen MR) is 99.4 cm³/mol. The number of halogens is 3. The van der Waals surface area contributed by atoms with Crippen molar-refractivity contribution < 1.29 is 18.8 Å². The van der Waals surface area contributed by atoms with E-state index < -0.39 is 0 Å². The second-order valence-corrected chi connectivity index (χ2v) is 7.51. The number of amides is 3. The third kappa shape index (κ3) is 5.10. The van der Waals surface area contributed by atoms with Crippen LogP contribution in [0.3, 0.4) is 0 Å². The number of carbonyl (C=O) groups is 3. The highest BCUT2D eigenvalue weighted by Gasteiger charge is 2.26. The van der Waals surface area contributed by atoms with Crippen molar-refractivity contribution >= 4 is 63.2 Å². The Bertz CT molecular complexity index is 623. The molecular weight excluding hydrogens is 529 g/mol. The summed E-state index contributed by atoms with van der Waals surface area (Å²) in [6, 6.07) is 3.32. The molecule has 1 heterocycles. The van der Waals surface area contributed by atoms with Gasteiger partial charge in [0.15, 0.2) is 0 Å². The maximum Gasteiger partial charge on any atom is 0.251 e. The smallest absolute Gasteiger partial charge is 0.251 e. The van der Waals surface area contributed by atoms with Crippen LogP contribution in [0.2, 0.25) is 0 Å². The topological polar surface area (TPSA) is 66.5 Å².